The molecule has 1 aromatic rings. The Morgan fingerprint density at radius 3 is 2.86 bits per heavy atom. The standard InChI is InChI=1S/C14H19ClO5S/c1-21(16,17)19-10-13(11-5-4-6-12(15)9-11)20-14-7-2-3-8-18-14/h4-6,9,13-14H,2-3,7-8,10H2,1H3. The van der Waals surface area contributed by atoms with Crippen LogP contribution in [0.4, 0.5) is 0 Å². The minimum absolute atomic E-state index is 0.0982. The van der Waals surface area contributed by atoms with Crippen LogP contribution in [0, 0.1) is 0 Å². The first kappa shape index (κ1) is 16.7. The average molecular weight is 335 g/mol. The van der Waals surface area contributed by atoms with Gasteiger partial charge in [0, 0.05) is 11.6 Å². The molecule has 0 aliphatic carbocycles. The molecule has 2 atom stereocenters. The van der Waals surface area contributed by atoms with Crippen molar-refractivity contribution < 1.29 is 22.1 Å². The van der Waals surface area contributed by atoms with Crippen molar-refractivity contribution in [1.82, 2.24) is 0 Å². The zero-order valence-electron chi connectivity index (χ0n) is 11.8. The Morgan fingerprint density at radius 2 is 2.24 bits per heavy atom. The first-order chi connectivity index (χ1) is 9.94. The Labute approximate surface area is 130 Å². The molecular formula is C14H19ClO5S. The fraction of sp³-hybridized carbons (Fsp3) is 0.571. The van der Waals surface area contributed by atoms with Crippen LogP contribution >= 0.6 is 11.6 Å². The number of halogens is 1. The highest BCUT2D eigenvalue weighted by Gasteiger charge is 2.23. The van der Waals surface area contributed by atoms with Crippen LogP contribution in [0.25, 0.3) is 0 Å². The summed E-state index contributed by atoms with van der Waals surface area (Å²) in [6.07, 6.45) is 2.96. The van der Waals surface area contributed by atoms with Gasteiger partial charge in [-0.05, 0) is 37.0 Å². The Balaban J connectivity index is 2.09. The van der Waals surface area contributed by atoms with Crippen molar-refractivity contribution in [2.24, 2.45) is 0 Å². The maximum Gasteiger partial charge on any atom is 0.264 e. The molecule has 1 aliphatic rings. The number of benzene rings is 1. The zero-order chi connectivity index (χ0) is 15.3. The second-order valence-electron chi connectivity index (χ2n) is 4.96. The second kappa shape index (κ2) is 7.56. The van der Waals surface area contributed by atoms with E-state index in [-0.39, 0.29) is 12.9 Å². The van der Waals surface area contributed by atoms with Crippen molar-refractivity contribution in [2.45, 2.75) is 31.7 Å². The fourth-order valence-corrected chi connectivity index (χ4v) is 2.68. The molecule has 21 heavy (non-hydrogen) atoms. The topological polar surface area (TPSA) is 61.8 Å². The summed E-state index contributed by atoms with van der Waals surface area (Å²) in [6.45, 7) is 0.554. The maximum absolute atomic E-state index is 11.2. The number of hydrogen-bond acceptors (Lipinski definition) is 5. The molecule has 118 valence electrons. The van der Waals surface area contributed by atoms with Crippen molar-refractivity contribution in [1.29, 1.82) is 0 Å². The van der Waals surface area contributed by atoms with E-state index in [1.54, 1.807) is 18.2 Å². The molecule has 1 aliphatic heterocycles. The third kappa shape index (κ3) is 5.92. The quantitative estimate of drug-likeness (QED) is 0.748. The Morgan fingerprint density at radius 1 is 1.43 bits per heavy atom. The van der Waals surface area contributed by atoms with Gasteiger partial charge in [-0.3, -0.25) is 4.18 Å². The van der Waals surface area contributed by atoms with Crippen LogP contribution < -0.4 is 0 Å². The third-order valence-electron chi connectivity index (χ3n) is 3.11. The van der Waals surface area contributed by atoms with Crippen LogP contribution in [0.2, 0.25) is 5.02 Å². The third-order valence-corrected chi connectivity index (χ3v) is 3.91. The van der Waals surface area contributed by atoms with Crippen LogP contribution in [-0.2, 0) is 23.8 Å². The summed E-state index contributed by atoms with van der Waals surface area (Å²) in [5.74, 6) is 0. The molecular weight excluding hydrogens is 316 g/mol. The Hall–Kier alpha value is -0.660. The summed E-state index contributed by atoms with van der Waals surface area (Å²) in [5.41, 5.74) is 0.764. The van der Waals surface area contributed by atoms with E-state index in [1.165, 1.54) is 0 Å². The number of ether oxygens (including phenoxy) is 2. The van der Waals surface area contributed by atoms with Gasteiger partial charge in [-0.2, -0.15) is 8.42 Å². The lowest BCUT2D eigenvalue weighted by Crippen LogP contribution is -2.27. The van der Waals surface area contributed by atoms with Crippen molar-refractivity contribution in [2.75, 3.05) is 19.5 Å². The van der Waals surface area contributed by atoms with Gasteiger partial charge < -0.3 is 9.47 Å². The van der Waals surface area contributed by atoms with E-state index < -0.39 is 16.2 Å². The molecule has 2 unspecified atom stereocenters. The average Bonchev–Trinajstić information content (AvgIpc) is 2.43. The van der Waals surface area contributed by atoms with Crippen molar-refractivity contribution in [3.05, 3.63) is 34.9 Å². The summed E-state index contributed by atoms with van der Waals surface area (Å²) in [4.78, 5) is 0. The normalized spacial score (nSPS) is 21.1. The molecule has 1 heterocycles. The largest absolute Gasteiger partial charge is 0.353 e. The first-order valence-electron chi connectivity index (χ1n) is 6.81. The van der Waals surface area contributed by atoms with E-state index in [2.05, 4.69) is 0 Å². The minimum Gasteiger partial charge on any atom is -0.353 e. The summed E-state index contributed by atoms with van der Waals surface area (Å²) in [6, 6.07) is 7.10. The second-order valence-corrected chi connectivity index (χ2v) is 7.04. The molecule has 0 N–H and O–H groups in total. The van der Waals surface area contributed by atoms with Gasteiger partial charge in [-0.1, -0.05) is 23.7 Å². The fourth-order valence-electron chi connectivity index (χ4n) is 2.11. The molecule has 0 bridgehead atoms. The van der Waals surface area contributed by atoms with Crippen LogP contribution in [-0.4, -0.2) is 34.2 Å². The summed E-state index contributed by atoms with van der Waals surface area (Å²) < 4.78 is 38.6. The molecule has 0 amide bonds. The molecule has 0 saturated carbocycles. The summed E-state index contributed by atoms with van der Waals surface area (Å²) in [7, 11) is -3.53. The van der Waals surface area contributed by atoms with Gasteiger partial charge in [0.15, 0.2) is 6.29 Å². The van der Waals surface area contributed by atoms with Gasteiger partial charge in [0.25, 0.3) is 10.1 Å². The van der Waals surface area contributed by atoms with Gasteiger partial charge >= 0.3 is 0 Å². The van der Waals surface area contributed by atoms with Gasteiger partial charge in [0.1, 0.15) is 6.10 Å². The predicted molar refractivity (Wildman–Crippen MR) is 79.7 cm³/mol. The molecule has 1 aromatic carbocycles. The highest BCUT2D eigenvalue weighted by atomic mass is 35.5. The highest BCUT2D eigenvalue weighted by Crippen LogP contribution is 2.26. The van der Waals surface area contributed by atoms with Gasteiger partial charge in [0.2, 0.25) is 0 Å². The van der Waals surface area contributed by atoms with Gasteiger partial charge in [0.05, 0.1) is 12.9 Å². The predicted octanol–water partition coefficient (Wildman–Crippen LogP) is 2.90. The van der Waals surface area contributed by atoms with Crippen molar-refractivity contribution >= 4 is 21.7 Å². The van der Waals surface area contributed by atoms with Crippen molar-refractivity contribution in [3.8, 4) is 0 Å². The molecule has 2 rings (SSSR count). The molecule has 1 fully saturated rings. The monoisotopic (exact) mass is 334 g/mol. The lowest BCUT2D eigenvalue weighted by Gasteiger charge is -2.27. The molecule has 0 spiro atoms. The Kier molecular flexibility index (Phi) is 6.01. The molecule has 7 heteroatoms. The lowest BCUT2D eigenvalue weighted by molar-refractivity contribution is -0.195. The maximum atomic E-state index is 11.2. The van der Waals surface area contributed by atoms with E-state index in [9.17, 15) is 8.42 Å². The highest BCUT2D eigenvalue weighted by molar-refractivity contribution is 7.85. The lowest BCUT2D eigenvalue weighted by atomic mass is 10.1. The first-order valence-corrected chi connectivity index (χ1v) is 9.00. The molecule has 1 saturated heterocycles. The van der Waals surface area contributed by atoms with Crippen LogP contribution in [0.3, 0.4) is 0 Å². The van der Waals surface area contributed by atoms with Crippen LogP contribution in [0.5, 0.6) is 0 Å². The summed E-state index contributed by atoms with van der Waals surface area (Å²) in [5, 5.41) is 0.560. The minimum atomic E-state index is -3.53. The van der Waals surface area contributed by atoms with E-state index in [0.717, 1.165) is 31.1 Å². The van der Waals surface area contributed by atoms with Crippen LogP contribution in [0.15, 0.2) is 24.3 Å². The van der Waals surface area contributed by atoms with E-state index in [0.29, 0.717) is 11.6 Å². The molecule has 0 radical (unpaired) electrons. The van der Waals surface area contributed by atoms with Gasteiger partial charge in [-0.25, -0.2) is 0 Å². The summed E-state index contributed by atoms with van der Waals surface area (Å²) >= 11 is 5.98. The smallest absolute Gasteiger partial charge is 0.264 e. The van der Waals surface area contributed by atoms with Gasteiger partial charge in [-0.15, -0.1) is 0 Å². The zero-order valence-corrected chi connectivity index (χ0v) is 13.4. The SMILES string of the molecule is CS(=O)(=O)OCC(OC1CCCCO1)c1cccc(Cl)c1. The Bertz CT molecular complexity index is 554. The van der Waals surface area contributed by atoms with Crippen molar-refractivity contribution in [3.63, 3.8) is 0 Å². The van der Waals surface area contributed by atoms with E-state index >= 15 is 0 Å². The van der Waals surface area contributed by atoms with Crippen LogP contribution in [0.1, 0.15) is 30.9 Å². The molecule has 0 aromatic heterocycles. The number of rotatable bonds is 6. The molecule has 5 nitrogen and oxygen atoms in total. The number of hydrogen-bond donors (Lipinski definition) is 0. The van der Waals surface area contributed by atoms with E-state index in [4.69, 9.17) is 25.3 Å². The van der Waals surface area contributed by atoms with E-state index in [1.807, 2.05) is 6.07 Å².